The van der Waals surface area contributed by atoms with Crippen LogP contribution >= 0.6 is 11.6 Å². The number of amides is 1. The van der Waals surface area contributed by atoms with Crippen LogP contribution < -0.4 is 4.74 Å². The molecule has 4 nitrogen and oxygen atoms in total. The average Bonchev–Trinajstić information content (AvgIpc) is 2.29. The Morgan fingerprint density at radius 2 is 2.29 bits per heavy atom. The van der Waals surface area contributed by atoms with E-state index in [2.05, 4.69) is 0 Å². The molecule has 0 saturated carbocycles. The molecule has 0 radical (unpaired) electrons. The summed E-state index contributed by atoms with van der Waals surface area (Å²) in [5.41, 5.74) is 0. The van der Waals surface area contributed by atoms with Gasteiger partial charge >= 0.3 is 0 Å². The second-order valence-corrected chi connectivity index (χ2v) is 4.03. The van der Waals surface area contributed by atoms with Gasteiger partial charge in [-0.3, -0.25) is 4.79 Å². The van der Waals surface area contributed by atoms with E-state index in [1.807, 2.05) is 0 Å². The molecule has 0 aliphatic rings. The molecule has 1 aromatic rings. The number of rotatable bonds is 6. The SMILES string of the molecule is CN(CCO)C(=O)CCOc1cccc(Cl)c1. The van der Waals surface area contributed by atoms with Crippen molar-refractivity contribution in [2.75, 3.05) is 26.8 Å². The summed E-state index contributed by atoms with van der Waals surface area (Å²) >= 11 is 5.80. The smallest absolute Gasteiger partial charge is 0.225 e. The van der Waals surface area contributed by atoms with E-state index < -0.39 is 0 Å². The molecule has 1 aromatic carbocycles. The normalized spacial score (nSPS) is 10.1. The van der Waals surface area contributed by atoms with E-state index in [9.17, 15) is 4.79 Å². The third-order valence-electron chi connectivity index (χ3n) is 2.24. The number of aliphatic hydroxyl groups is 1. The molecule has 0 aliphatic heterocycles. The van der Waals surface area contributed by atoms with Crippen molar-refractivity contribution in [3.8, 4) is 5.75 Å². The molecule has 0 atom stereocenters. The summed E-state index contributed by atoms with van der Waals surface area (Å²) in [6.45, 7) is 0.613. The van der Waals surface area contributed by atoms with Gasteiger partial charge in [0.1, 0.15) is 5.75 Å². The highest BCUT2D eigenvalue weighted by Crippen LogP contribution is 2.17. The van der Waals surface area contributed by atoms with Gasteiger partial charge in [-0.1, -0.05) is 17.7 Å². The third-order valence-corrected chi connectivity index (χ3v) is 2.48. The van der Waals surface area contributed by atoms with Crippen LogP contribution in [0.25, 0.3) is 0 Å². The van der Waals surface area contributed by atoms with Crippen LogP contribution in [0.3, 0.4) is 0 Å². The Hall–Kier alpha value is -1.26. The maximum atomic E-state index is 11.5. The Balaban J connectivity index is 2.30. The van der Waals surface area contributed by atoms with Crippen LogP contribution in [0.1, 0.15) is 6.42 Å². The second kappa shape index (κ2) is 7.14. The molecule has 0 spiro atoms. The Kier molecular flexibility index (Phi) is 5.80. The molecule has 0 aliphatic carbocycles. The molecule has 94 valence electrons. The molecular formula is C12H16ClNO3. The van der Waals surface area contributed by atoms with E-state index in [0.717, 1.165) is 0 Å². The van der Waals surface area contributed by atoms with Crippen molar-refractivity contribution in [2.24, 2.45) is 0 Å². The van der Waals surface area contributed by atoms with Crippen molar-refractivity contribution in [3.63, 3.8) is 0 Å². The number of carbonyl (C=O) groups excluding carboxylic acids is 1. The lowest BCUT2D eigenvalue weighted by Crippen LogP contribution is -2.30. The zero-order valence-electron chi connectivity index (χ0n) is 9.73. The minimum absolute atomic E-state index is 0.0304. The van der Waals surface area contributed by atoms with Gasteiger partial charge in [-0.15, -0.1) is 0 Å². The first-order valence-electron chi connectivity index (χ1n) is 5.36. The average molecular weight is 258 g/mol. The van der Waals surface area contributed by atoms with Gasteiger partial charge in [0.15, 0.2) is 0 Å². The van der Waals surface area contributed by atoms with E-state index >= 15 is 0 Å². The van der Waals surface area contributed by atoms with Gasteiger partial charge in [0.05, 0.1) is 19.6 Å². The quantitative estimate of drug-likeness (QED) is 0.841. The molecule has 0 fully saturated rings. The van der Waals surface area contributed by atoms with Gasteiger partial charge in [-0.05, 0) is 18.2 Å². The number of halogens is 1. The van der Waals surface area contributed by atoms with E-state index in [1.165, 1.54) is 4.90 Å². The molecule has 0 heterocycles. The lowest BCUT2D eigenvalue weighted by Gasteiger charge is -2.15. The summed E-state index contributed by atoms with van der Waals surface area (Å²) in [7, 11) is 1.65. The molecular weight excluding hydrogens is 242 g/mol. The number of nitrogens with zero attached hydrogens (tertiary/aromatic N) is 1. The molecule has 17 heavy (non-hydrogen) atoms. The van der Waals surface area contributed by atoms with Crippen LogP contribution in [0.5, 0.6) is 5.75 Å². The Labute approximate surface area is 106 Å². The molecule has 1 N–H and O–H groups in total. The van der Waals surface area contributed by atoms with Gasteiger partial charge in [-0.2, -0.15) is 0 Å². The standard InChI is InChI=1S/C12H16ClNO3/c1-14(6-7-15)12(16)5-8-17-11-4-2-3-10(13)9-11/h2-4,9,15H,5-8H2,1H3. The van der Waals surface area contributed by atoms with Crippen molar-refractivity contribution in [2.45, 2.75) is 6.42 Å². The van der Waals surface area contributed by atoms with Crippen LogP contribution in [-0.4, -0.2) is 42.7 Å². The largest absolute Gasteiger partial charge is 0.493 e. The van der Waals surface area contributed by atoms with E-state index in [1.54, 1.807) is 31.3 Å². The van der Waals surface area contributed by atoms with Crippen LogP contribution in [0.2, 0.25) is 5.02 Å². The van der Waals surface area contributed by atoms with Crippen molar-refractivity contribution < 1.29 is 14.6 Å². The summed E-state index contributed by atoms with van der Waals surface area (Å²) in [6, 6.07) is 7.03. The van der Waals surface area contributed by atoms with Crippen LogP contribution in [0, 0.1) is 0 Å². The second-order valence-electron chi connectivity index (χ2n) is 3.59. The maximum Gasteiger partial charge on any atom is 0.225 e. The number of hydrogen-bond donors (Lipinski definition) is 1. The zero-order chi connectivity index (χ0) is 12.7. The van der Waals surface area contributed by atoms with Gasteiger partial charge in [0, 0.05) is 18.6 Å². The van der Waals surface area contributed by atoms with E-state index in [-0.39, 0.29) is 18.9 Å². The van der Waals surface area contributed by atoms with Crippen molar-refractivity contribution in [3.05, 3.63) is 29.3 Å². The van der Waals surface area contributed by atoms with Crippen molar-refractivity contribution in [1.82, 2.24) is 4.90 Å². The topological polar surface area (TPSA) is 49.8 Å². The van der Waals surface area contributed by atoms with E-state index in [0.29, 0.717) is 23.9 Å². The fourth-order valence-corrected chi connectivity index (χ4v) is 1.46. The first kappa shape index (κ1) is 13.8. The predicted molar refractivity (Wildman–Crippen MR) is 66.3 cm³/mol. The summed E-state index contributed by atoms with van der Waals surface area (Å²) in [6.07, 6.45) is 0.281. The highest BCUT2D eigenvalue weighted by atomic mass is 35.5. The number of hydrogen-bond acceptors (Lipinski definition) is 3. The van der Waals surface area contributed by atoms with Gasteiger partial charge in [0.25, 0.3) is 0 Å². The van der Waals surface area contributed by atoms with Crippen LogP contribution in [0.4, 0.5) is 0 Å². The fraction of sp³-hybridized carbons (Fsp3) is 0.417. The minimum atomic E-state index is -0.0546. The van der Waals surface area contributed by atoms with Crippen LogP contribution in [0.15, 0.2) is 24.3 Å². The zero-order valence-corrected chi connectivity index (χ0v) is 10.5. The maximum absolute atomic E-state index is 11.5. The summed E-state index contributed by atoms with van der Waals surface area (Å²) in [5.74, 6) is 0.594. The number of benzene rings is 1. The molecule has 0 unspecified atom stereocenters. The van der Waals surface area contributed by atoms with Crippen molar-refractivity contribution >= 4 is 17.5 Å². The monoisotopic (exact) mass is 257 g/mol. The summed E-state index contributed by atoms with van der Waals surface area (Å²) in [5, 5.41) is 9.28. The molecule has 0 saturated heterocycles. The minimum Gasteiger partial charge on any atom is -0.493 e. The first-order chi connectivity index (χ1) is 8.13. The van der Waals surface area contributed by atoms with Gasteiger partial charge in [0.2, 0.25) is 5.91 Å². The third kappa shape index (κ3) is 5.06. The highest BCUT2D eigenvalue weighted by molar-refractivity contribution is 6.30. The number of ether oxygens (including phenoxy) is 1. The molecule has 1 amide bonds. The number of likely N-dealkylation sites (N-methyl/N-ethyl adjacent to an activating group) is 1. The molecule has 0 bridgehead atoms. The van der Waals surface area contributed by atoms with E-state index in [4.69, 9.17) is 21.4 Å². The first-order valence-corrected chi connectivity index (χ1v) is 5.74. The highest BCUT2D eigenvalue weighted by Gasteiger charge is 2.07. The Morgan fingerprint density at radius 1 is 1.53 bits per heavy atom. The summed E-state index contributed by atoms with van der Waals surface area (Å²) in [4.78, 5) is 13.0. The number of carbonyl (C=O) groups is 1. The van der Waals surface area contributed by atoms with Gasteiger partial charge in [-0.25, -0.2) is 0 Å². The lowest BCUT2D eigenvalue weighted by atomic mass is 10.3. The molecule has 0 aromatic heterocycles. The van der Waals surface area contributed by atoms with Crippen LogP contribution in [-0.2, 0) is 4.79 Å². The summed E-state index contributed by atoms with van der Waals surface area (Å²) < 4.78 is 5.39. The predicted octanol–water partition coefficient (Wildman–Crippen LogP) is 1.56. The lowest BCUT2D eigenvalue weighted by molar-refractivity contribution is -0.130. The number of aliphatic hydroxyl groups excluding tert-OH is 1. The molecule has 5 heteroatoms. The van der Waals surface area contributed by atoms with Crippen molar-refractivity contribution in [1.29, 1.82) is 0 Å². The Bertz CT molecular complexity index is 371. The molecule has 1 rings (SSSR count). The Morgan fingerprint density at radius 3 is 2.94 bits per heavy atom. The van der Waals surface area contributed by atoms with Gasteiger partial charge < -0.3 is 14.7 Å². The fourth-order valence-electron chi connectivity index (χ4n) is 1.28.